The van der Waals surface area contributed by atoms with E-state index < -0.39 is 11.7 Å². The number of rotatable bonds is 4. The van der Waals surface area contributed by atoms with Crippen LogP contribution in [0.1, 0.15) is 33.3 Å². The van der Waals surface area contributed by atoms with E-state index in [0.717, 1.165) is 22.4 Å². The summed E-state index contributed by atoms with van der Waals surface area (Å²) in [6.45, 7) is 7.30. The molecule has 2 amide bonds. The van der Waals surface area contributed by atoms with Crippen molar-refractivity contribution in [1.82, 2.24) is 5.32 Å². The number of alkyl carbamates (subject to hydrolysis) is 1. The molecule has 0 aliphatic carbocycles. The lowest BCUT2D eigenvalue weighted by molar-refractivity contribution is -0.114. The Hall–Kier alpha value is -2.34. The lowest BCUT2D eigenvalue weighted by atomic mass is 10.0. The van der Waals surface area contributed by atoms with Crippen molar-refractivity contribution in [2.45, 2.75) is 39.8 Å². The molecule has 0 spiro atoms. The molecule has 1 aromatic heterocycles. The Morgan fingerprint density at radius 2 is 1.96 bits per heavy atom. The van der Waals surface area contributed by atoms with Crippen molar-refractivity contribution in [2.75, 3.05) is 5.32 Å². The number of hydrogen-bond acceptors (Lipinski definition) is 4. The van der Waals surface area contributed by atoms with Gasteiger partial charge in [-0.3, -0.25) is 4.79 Å². The van der Waals surface area contributed by atoms with Gasteiger partial charge >= 0.3 is 6.09 Å². The van der Waals surface area contributed by atoms with Crippen LogP contribution >= 0.6 is 11.3 Å². The van der Waals surface area contributed by atoms with Gasteiger partial charge in [0.25, 0.3) is 0 Å². The van der Waals surface area contributed by atoms with E-state index in [4.69, 9.17) is 4.74 Å². The number of amides is 2. The minimum absolute atomic E-state index is 0.119. The van der Waals surface area contributed by atoms with Gasteiger partial charge in [-0.25, -0.2) is 4.79 Å². The van der Waals surface area contributed by atoms with E-state index in [1.807, 2.05) is 55.8 Å². The van der Waals surface area contributed by atoms with Gasteiger partial charge < -0.3 is 15.4 Å². The van der Waals surface area contributed by atoms with Crippen LogP contribution in [-0.2, 0) is 16.1 Å². The Balaban J connectivity index is 2.16. The van der Waals surface area contributed by atoms with Crippen molar-refractivity contribution in [2.24, 2.45) is 0 Å². The smallest absolute Gasteiger partial charge is 0.407 e. The van der Waals surface area contributed by atoms with Crippen LogP contribution in [0.3, 0.4) is 0 Å². The fourth-order valence-electron chi connectivity index (χ4n) is 2.14. The van der Waals surface area contributed by atoms with Crippen LogP contribution in [0.4, 0.5) is 10.5 Å². The summed E-state index contributed by atoms with van der Waals surface area (Å²) in [5, 5.41) is 9.59. The molecular weight excluding hydrogens is 324 g/mol. The number of hydrogen-bond donors (Lipinski definition) is 2. The molecule has 1 heterocycles. The van der Waals surface area contributed by atoms with Crippen LogP contribution in [0, 0.1) is 0 Å². The molecule has 0 aliphatic heterocycles. The summed E-state index contributed by atoms with van der Waals surface area (Å²) < 4.78 is 5.23. The predicted molar refractivity (Wildman–Crippen MR) is 97.1 cm³/mol. The number of nitrogens with one attached hydrogen (secondary N) is 2. The number of thiophene rings is 1. The Labute approximate surface area is 146 Å². The first kappa shape index (κ1) is 18.0. The fourth-order valence-corrected chi connectivity index (χ4v) is 2.80. The summed E-state index contributed by atoms with van der Waals surface area (Å²) in [5.74, 6) is -0.119. The highest BCUT2D eigenvalue weighted by atomic mass is 32.1. The molecule has 2 rings (SSSR count). The van der Waals surface area contributed by atoms with E-state index in [1.165, 1.54) is 6.92 Å². The van der Waals surface area contributed by atoms with Gasteiger partial charge in [0.15, 0.2) is 0 Å². The van der Waals surface area contributed by atoms with Crippen molar-refractivity contribution < 1.29 is 14.3 Å². The van der Waals surface area contributed by atoms with Crippen molar-refractivity contribution in [3.63, 3.8) is 0 Å². The van der Waals surface area contributed by atoms with Gasteiger partial charge in [0.05, 0.1) is 0 Å². The largest absolute Gasteiger partial charge is 0.444 e. The molecule has 5 nitrogen and oxygen atoms in total. The zero-order valence-corrected chi connectivity index (χ0v) is 15.1. The quantitative estimate of drug-likeness (QED) is 0.862. The van der Waals surface area contributed by atoms with E-state index in [2.05, 4.69) is 10.6 Å². The summed E-state index contributed by atoms with van der Waals surface area (Å²) in [5.41, 5.74) is 3.11. The molecule has 0 aliphatic rings. The molecule has 2 aromatic rings. The highest BCUT2D eigenvalue weighted by molar-refractivity contribution is 7.08. The lowest BCUT2D eigenvalue weighted by Crippen LogP contribution is -2.32. The Kier molecular flexibility index (Phi) is 5.62. The highest BCUT2D eigenvalue weighted by Crippen LogP contribution is 2.31. The molecule has 0 unspecified atom stereocenters. The lowest BCUT2D eigenvalue weighted by Gasteiger charge is -2.20. The van der Waals surface area contributed by atoms with E-state index >= 15 is 0 Å². The monoisotopic (exact) mass is 346 g/mol. The first-order valence-corrected chi connectivity index (χ1v) is 8.59. The van der Waals surface area contributed by atoms with Gasteiger partial charge in [0, 0.05) is 24.7 Å². The summed E-state index contributed by atoms with van der Waals surface area (Å²) in [6, 6.07) is 7.68. The summed E-state index contributed by atoms with van der Waals surface area (Å²) in [6.07, 6.45) is -0.453. The summed E-state index contributed by atoms with van der Waals surface area (Å²) in [4.78, 5) is 23.2. The van der Waals surface area contributed by atoms with E-state index in [-0.39, 0.29) is 5.91 Å². The van der Waals surface area contributed by atoms with Gasteiger partial charge in [0.1, 0.15) is 5.60 Å². The molecule has 0 saturated carbocycles. The third-order valence-electron chi connectivity index (χ3n) is 3.06. The topological polar surface area (TPSA) is 67.4 Å². The normalized spacial score (nSPS) is 11.0. The SMILES string of the molecule is CC(=O)Nc1ccc(CNC(=O)OC(C)(C)C)cc1-c1ccsc1. The van der Waals surface area contributed by atoms with E-state index in [0.29, 0.717) is 6.54 Å². The molecule has 0 saturated heterocycles. The Morgan fingerprint density at radius 1 is 1.21 bits per heavy atom. The van der Waals surface area contributed by atoms with Gasteiger partial charge in [-0.15, -0.1) is 0 Å². The van der Waals surface area contributed by atoms with E-state index in [1.54, 1.807) is 11.3 Å². The van der Waals surface area contributed by atoms with Gasteiger partial charge in [-0.05, 0) is 60.9 Å². The highest BCUT2D eigenvalue weighted by Gasteiger charge is 2.16. The minimum Gasteiger partial charge on any atom is -0.444 e. The minimum atomic E-state index is -0.527. The fraction of sp³-hybridized carbons (Fsp3) is 0.333. The number of ether oxygens (including phenoxy) is 1. The van der Waals surface area contributed by atoms with Crippen molar-refractivity contribution >= 4 is 29.0 Å². The molecule has 0 radical (unpaired) electrons. The van der Waals surface area contributed by atoms with Gasteiger partial charge in [0.2, 0.25) is 5.91 Å². The van der Waals surface area contributed by atoms with Crippen LogP contribution in [0.15, 0.2) is 35.0 Å². The number of carbonyl (C=O) groups excluding carboxylic acids is 2. The first-order valence-electron chi connectivity index (χ1n) is 7.64. The average molecular weight is 346 g/mol. The maximum absolute atomic E-state index is 11.8. The van der Waals surface area contributed by atoms with Crippen molar-refractivity contribution in [3.8, 4) is 11.1 Å². The number of carbonyl (C=O) groups is 2. The number of anilines is 1. The maximum Gasteiger partial charge on any atom is 0.407 e. The van der Waals surface area contributed by atoms with Gasteiger partial charge in [-0.2, -0.15) is 11.3 Å². The van der Waals surface area contributed by atoms with Crippen LogP contribution in [0.5, 0.6) is 0 Å². The maximum atomic E-state index is 11.8. The standard InChI is InChI=1S/C18H22N2O3S/c1-12(21)20-16-6-5-13(9-15(16)14-7-8-24-11-14)10-19-17(22)23-18(2,3)4/h5-9,11H,10H2,1-4H3,(H,19,22)(H,20,21). The average Bonchev–Trinajstić information content (AvgIpc) is 2.98. The second kappa shape index (κ2) is 7.49. The van der Waals surface area contributed by atoms with Crippen LogP contribution in [-0.4, -0.2) is 17.6 Å². The first-order chi connectivity index (χ1) is 11.2. The van der Waals surface area contributed by atoms with Crippen molar-refractivity contribution in [1.29, 1.82) is 0 Å². The summed E-state index contributed by atoms with van der Waals surface area (Å²) >= 11 is 1.59. The van der Waals surface area contributed by atoms with Crippen LogP contribution in [0.25, 0.3) is 11.1 Å². The molecule has 1 aromatic carbocycles. The summed E-state index contributed by atoms with van der Waals surface area (Å²) in [7, 11) is 0. The predicted octanol–water partition coefficient (Wildman–Crippen LogP) is 4.40. The molecule has 0 atom stereocenters. The zero-order valence-electron chi connectivity index (χ0n) is 14.3. The molecule has 128 valence electrons. The molecule has 0 fully saturated rings. The Morgan fingerprint density at radius 3 is 2.54 bits per heavy atom. The van der Waals surface area contributed by atoms with Gasteiger partial charge in [-0.1, -0.05) is 6.07 Å². The molecule has 24 heavy (non-hydrogen) atoms. The van der Waals surface area contributed by atoms with Crippen LogP contribution in [0.2, 0.25) is 0 Å². The van der Waals surface area contributed by atoms with E-state index in [9.17, 15) is 9.59 Å². The van der Waals surface area contributed by atoms with Crippen LogP contribution < -0.4 is 10.6 Å². The second-order valence-corrected chi connectivity index (χ2v) is 7.21. The third kappa shape index (κ3) is 5.38. The third-order valence-corrected chi connectivity index (χ3v) is 3.75. The van der Waals surface area contributed by atoms with Crippen molar-refractivity contribution in [3.05, 3.63) is 40.6 Å². The Bertz CT molecular complexity index is 718. The second-order valence-electron chi connectivity index (χ2n) is 6.43. The number of benzene rings is 1. The zero-order chi connectivity index (χ0) is 17.7. The molecule has 0 bridgehead atoms. The molecule has 2 N–H and O–H groups in total. The molecule has 6 heteroatoms. The molecular formula is C18H22N2O3S.